The average molecular weight is 364 g/mol. The number of hydrogen-bond donors (Lipinski definition) is 0. The van der Waals surface area contributed by atoms with Crippen LogP contribution in [0.15, 0.2) is 30.3 Å². The minimum Gasteiger partial charge on any atom is -0.479 e. The second kappa shape index (κ2) is 9.95. The molecule has 1 atom stereocenters. The molecule has 0 radical (unpaired) electrons. The maximum atomic E-state index is 5.75. The molecule has 1 aromatic carbocycles. The zero-order valence-electron chi connectivity index (χ0n) is 10.1. The third-order valence-electron chi connectivity index (χ3n) is 2.57. The van der Waals surface area contributed by atoms with Gasteiger partial charge in [-0.05, 0) is 47.3 Å². The van der Waals surface area contributed by atoms with Crippen molar-refractivity contribution in [3.05, 3.63) is 30.3 Å². The summed E-state index contributed by atoms with van der Waals surface area (Å²) in [5.41, 5.74) is 0. The fraction of sp³-hybridized carbons (Fsp3) is 0.571. The van der Waals surface area contributed by atoms with Crippen LogP contribution in [0.2, 0.25) is 0 Å². The third-order valence-corrected chi connectivity index (χ3v) is 3.78. The molecular weight excluding hydrogens is 344 g/mol. The standard InChI is InChI=1S/C14H20Br2O/c15-12-8-3-1-2-7-11-14(16)17-13-9-5-4-6-10-13/h4-6,9-10,14H,1-3,7-8,11-12H2. The van der Waals surface area contributed by atoms with Crippen LogP contribution in [0.4, 0.5) is 0 Å². The predicted octanol–water partition coefficient (Wildman–Crippen LogP) is 5.52. The highest BCUT2D eigenvalue weighted by Gasteiger charge is 2.04. The van der Waals surface area contributed by atoms with Crippen LogP contribution in [0, 0.1) is 0 Å². The van der Waals surface area contributed by atoms with Crippen molar-refractivity contribution in [2.75, 3.05) is 5.33 Å². The Morgan fingerprint density at radius 2 is 1.59 bits per heavy atom. The van der Waals surface area contributed by atoms with Gasteiger partial charge in [0, 0.05) is 5.33 Å². The molecule has 0 aliphatic heterocycles. The first kappa shape index (κ1) is 15.0. The number of unbranched alkanes of at least 4 members (excludes halogenated alkanes) is 4. The monoisotopic (exact) mass is 362 g/mol. The number of halogens is 2. The highest BCUT2D eigenvalue weighted by molar-refractivity contribution is 9.09. The van der Waals surface area contributed by atoms with Gasteiger partial charge in [0.25, 0.3) is 0 Å². The maximum Gasteiger partial charge on any atom is 0.153 e. The van der Waals surface area contributed by atoms with E-state index in [1.165, 1.54) is 32.1 Å². The van der Waals surface area contributed by atoms with E-state index in [4.69, 9.17) is 4.74 Å². The molecule has 17 heavy (non-hydrogen) atoms. The van der Waals surface area contributed by atoms with Crippen LogP contribution in [-0.4, -0.2) is 10.3 Å². The fourth-order valence-corrected chi connectivity index (χ4v) is 2.57. The van der Waals surface area contributed by atoms with Crippen LogP contribution in [-0.2, 0) is 0 Å². The van der Waals surface area contributed by atoms with Gasteiger partial charge in [0.05, 0.1) is 0 Å². The van der Waals surface area contributed by atoms with Crippen molar-refractivity contribution < 1.29 is 4.74 Å². The molecule has 96 valence electrons. The van der Waals surface area contributed by atoms with E-state index in [-0.39, 0.29) is 5.01 Å². The van der Waals surface area contributed by atoms with Crippen LogP contribution in [0.1, 0.15) is 38.5 Å². The van der Waals surface area contributed by atoms with Gasteiger partial charge in [-0.3, -0.25) is 0 Å². The molecule has 1 rings (SSSR count). The maximum absolute atomic E-state index is 5.75. The molecule has 1 unspecified atom stereocenters. The number of alkyl halides is 2. The van der Waals surface area contributed by atoms with Crippen LogP contribution < -0.4 is 4.74 Å². The predicted molar refractivity (Wildman–Crippen MR) is 81.3 cm³/mol. The fourth-order valence-electron chi connectivity index (χ4n) is 1.64. The Morgan fingerprint density at radius 3 is 2.29 bits per heavy atom. The lowest BCUT2D eigenvalue weighted by molar-refractivity contribution is 0.278. The van der Waals surface area contributed by atoms with Gasteiger partial charge >= 0.3 is 0 Å². The van der Waals surface area contributed by atoms with Crippen molar-refractivity contribution in [3.8, 4) is 5.75 Å². The molecule has 3 heteroatoms. The zero-order valence-corrected chi connectivity index (χ0v) is 13.3. The van der Waals surface area contributed by atoms with Gasteiger partial charge in [-0.25, -0.2) is 0 Å². The van der Waals surface area contributed by atoms with Crippen molar-refractivity contribution in [1.29, 1.82) is 0 Å². The lowest BCUT2D eigenvalue weighted by atomic mass is 10.1. The summed E-state index contributed by atoms with van der Waals surface area (Å²) in [6.07, 6.45) is 7.55. The van der Waals surface area contributed by atoms with Gasteiger partial charge in [0.15, 0.2) is 5.01 Å². The molecule has 0 N–H and O–H groups in total. The quantitative estimate of drug-likeness (QED) is 0.414. The van der Waals surface area contributed by atoms with E-state index in [0.717, 1.165) is 17.5 Å². The molecule has 1 nitrogen and oxygen atoms in total. The molecule has 0 spiro atoms. The lowest BCUT2D eigenvalue weighted by Gasteiger charge is -2.12. The minimum atomic E-state index is 0.140. The number of rotatable bonds is 9. The molecular formula is C14H20Br2O. The SMILES string of the molecule is BrCCCCCCCC(Br)Oc1ccccc1. The molecule has 0 bridgehead atoms. The topological polar surface area (TPSA) is 9.23 Å². The van der Waals surface area contributed by atoms with E-state index in [0.29, 0.717) is 0 Å². The normalized spacial score (nSPS) is 12.4. The summed E-state index contributed by atoms with van der Waals surface area (Å²) in [4.78, 5) is 0. The van der Waals surface area contributed by atoms with Crippen molar-refractivity contribution >= 4 is 31.9 Å². The Balaban J connectivity index is 2.03. The number of ether oxygens (including phenoxy) is 1. The molecule has 0 aliphatic carbocycles. The second-order valence-corrected chi connectivity index (χ2v) is 5.90. The van der Waals surface area contributed by atoms with Crippen LogP contribution >= 0.6 is 31.9 Å². The van der Waals surface area contributed by atoms with Gasteiger partial charge in [-0.15, -0.1) is 0 Å². The largest absolute Gasteiger partial charge is 0.479 e. The Labute approximate surface area is 121 Å². The van der Waals surface area contributed by atoms with E-state index >= 15 is 0 Å². The van der Waals surface area contributed by atoms with E-state index in [1.54, 1.807) is 0 Å². The smallest absolute Gasteiger partial charge is 0.153 e. The van der Waals surface area contributed by atoms with Gasteiger partial charge in [0.1, 0.15) is 5.75 Å². The summed E-state index contributed by atoms with van der Waals surface area (Å²) >= 11 is 7.02. The van der Waals surface area contributed by atoms with Gasteiger partial charge in [0.2, 0.25) is 0 Å². The third kappa shape index (κ3) is 7.82. The van der Waals surface area contributed by atoms with Gasteiger partial charge in [-0.1, -0.05) is 53.4 Å². The summed E-state index contributed by atoms with van der Waals surface area (Å²) in [6.45, 7) is 0. The van der Waals surface area contributed by atoms with E-state index in [9.17, 15) is 0 Å². The Hall–Kier alpha value is -0.0200. The molecule has 0 aliphatic rings. The van der Waals surface area contributed by atoms with Crippen molar-refractivity contribution in [3.63, 3.8) is 0 Å². The Bertz CT molecular complexity index is 277. The van der Waals surface area contributed by atoms with E-state index in [2.05, 4.69) is 31.9 Å². The van der Waals surface area contributed by atoms with Crippen molar-refractivity contribution in [2.24, 2.45) is 0 Å². The first-order valence-electron chi connectivity index (χ1n) is 6.24. The molecule has 0 amide bonds. The van der Waals surface area contributed by atoms with Crippen molar-refractivity contribution in [1.82, 2.24) is 0 Å². The lowest BCUT2D eigenvalue weighted by Crippen LogP contribution is -2.07. The summed E-state index contributed by atoms with van der Waals surface area (Å²) in [5, 5.41) is 1.27. The first-order valence-corrected chi connectivity index (χ1v) is 8.28. The van der Waals surface area contributed by atoms with E-state index < -0.39 is 0 Å². The Morgan fingerprint density at radius 1 is 0.941 bits per heavy atom. The first-order chi connectivity index (χ1) is 8.33. The van der Waals surface area contributed by atoms with Crippen LogP contribution in [0.5, 0.6) is 5.75 Å². The Kier molecular flexibility index (Phi) is 8.81. The molecule has 1 aromatic rings. The minimum absolute atomic E-state index is 0.140. The van der Waals surface area contributed by atoms with Gasteiger partial charge < -0.3 is 4.74 Å². The summed E-state index contributed by atoms with van der Waals surface area (Å²) in [5.74, 6) is 0.939. The molecule has 0 fully saturated rings. The number of hydrogen-bond acceptors (Lipinski definition) is 1. The second-order valence-electron chi connectivity index (χ2n) is 4.09. The van der Waals surface area contributed by atoms with E-state index in [1.807, 2.05) is 30.3 Å². The molecule has 0 saturated carbocycles. The molecule has 0 saturated heterocycles. The van der Waals surface area contributed by atoms with Crippen LogP contribution in [0.3, 0.4) is 0 Å². The number of benzene rings is 1. The van der Waals surface area contributed by atoms with Crippen LogP contribution in [0.25, 0.3) is 0 Å². The van der Waals surface area contributed by atoms with Gasteiger partial charge in [-0.2, -0.15) is 0 Å². The average Bonchev–Trinajstić information content (AvgIpc) is 2.35. The highest BCUT2D eigenvalue weighted by atomic mass is 79.9. The van der Waals surface area contributed by atoms with Crippen molar-refractivity contribution in [2.45, 2.75) is 43.5 Å². The molecule has 0 aromatic heterocycles. The summed E-state index contributed by atoms with van der Waals surface area (Å²) < 4.78 is 5.75. The zero-order chi connectivity index (χ0) is 12.3. The number of para-hydroxylation sites is 1. The highest BCUT2D eigenvalue weighted by Crippen LogP contribution is 2.18. The molecule has 0 heterocycles. The summed E-state index contributed by atoms with van der Waals surface area (Å²) in [7, 11) is 0. The summed E-state index contributed by atoms with van der Waals surface area (Å²) in [6, 6.07) is 9.97.